The first-order chi connectivity index (χ1) is 9.45. The Bertz CT molecular complexity index is 718. The van der Waals surface area contributed by atoms with Crippen LogP contribution >= 0.6 is 11.3 Å². The second-order valence-corrected chi connectivity index (χ2v) is 5.58. The summed E-state index contributed by atoms with van der Waals surface area (Å²) < 4.78 is 1.64. The Morgan fingerprint density at radius 3 is 2.60 bits per heavy atom. The summed E-state index contributed by atoms with van der Waals surface area (Å²) in [6.45, 7) is 4.10. The molecule has 2 rings (SSSR count). The number of aromatic nitrogens is 1. The van der Waals surface area contributed by atoms with Crippen molar-refractivity contribution in [1.82, 2.24) is 4.57 Å². The first kappa shape index (κ1) is 14.3. The molecule has 106 valence electrons. The van der Waals surface area contributed by atoms with Crippen LogP contribution in [0.1, 0.15) is 16.1 Å². The van der Waals surface area contributed by atoms with E-state index in [2.05, 4.69) is 5.32 Å². The first-order valence-electron chi connectivity index (χ1n) is 6.06. The molecule has 0 atom stereocenters. The molecule has 0 aliphatic rings. The molecule has 6 nitrogen and oxygen atoms in total. The van der Waals surface area contributed by atoms with E-state index in [0.717, 1.165) is 16.1 Å². The molecule has 0 spiro atoms. The highest BCUT2D eigenvalue weighted by atomic mass is 32.1. The molecule has 0 saturated carbocycles. The van der Waals surface area contributed by atoms with E-state index in [9.17, 15) is 14.9 Å². The number of hydrogen-bond acceptors (Lipinski definition) is 5. The van der Waals surface area contributed by atoms with E-state index in [4.69, 9.17) is 0 Å². The normalized spacial score (nSPS) is 10.6. The van der Waals surface area contributed by atoms with Gasteiger partial charge >= 0.3 is 4.87 Å². The molecule has 1 aromatic heterocycles. The van der Waals surface area contributed by atoms with Crippen LogP contribution in [0, 0.1) is 24.0 Å². The number of para-hydroxylation sites is 1. The Morgan fingerprint density at radius 1 is 1.40 bits per heavy atom. The zero-order valence-electron chi connectivity index (χ0n) is 11.5. The lowest BCUT2D eigenvalue weighted by Gasteiger charge is -2.11. The van der Waals surface area contributed by atoms with E-state index in [1.807, 2.05) is 13.8 Å². The molecular weight excluding hydrogens is 278 g/mol. The van der Waals surface area contributed by atoms with Crippen LogP contribution in [0.2, 0.25) is 0 Å². The molecular formula is C13H15N3O3S. The minimum atomic E-state index is -0.427. The van der Waals surface area contributed by atoms with Crippen molar-refractivity contribution in [3.63, 3.8) is 0 Å². The third kappa shape index (κ3) is 2.44. The topological polar surface area (TPSA) is 77.2 Å². The summed E-state index contributed by atoms with van der Waals surface area (Å²) in [6.07, 6.45) is 0. The van der Waals surface area contributed by atoms with E-state index in [-0.39, 0.29) is 10.6 Å². The van der Waals surface area contributed by atoms with Crippen LogP contribution in [0.5, 0.6) is 0 Å². The molecule has 0 bridgehead atoms. The Hall–Kier alpha value is -2.15. The number of nitrogens with one attached hydrogen (secondary N) is 1. The molecule has 7 heteroatoms. The zero-order chi connectivity index (χ0) is 14.9. The Kier molecular flexibility index (Phi) is 3.89. The van der Waals surface area contributed by atoms with Gasteiger partial charge in [-0.3, -0.25) is 19.5 Å². The quantitative estimate of drug-likeness (QED) is 0.694. The highest BCUT2D eigenvalue weighted by molar-refractivity contribution is 7.09. The summed E-state index contributed by atoms with van der Waals surface area (Å²) in [7, 11) is 1.64. The molecule has 1 heterocycles. The van der Waals surface area contributed by atoms with E-state index in [1.54, 1.807) is 23.7 Å². The summed E-state index contributed by atoms with van der Waals surface area (Å²) in [5.74, 6) is 0. The molecule has 0 fully saturated rings. The van der Waals surface area contributed by atoms with Gasteiger partial charge < -0.3 is 5.32 Å². The van der Waals surface area contributed by atoms with Crippen LogP contribution in [0.15, 0.2) is 23.0 Å². The van der Waals surface area contributed by atoms with Gasteiger partial charge in [-0.25, -0.2) is 0 Å². The Balaban J connectivity index is 2.51. The highest BCUT2D eigenvalue weighted by Gasteiger charge is 2.17. The highest BCUT2D eigenvalue weighted by Crippen LogP contribution is 2.28. The van der Waals surface area contributed by atoms with Crippen molar-refractivity contribution in [2.24, 2.45) is 0 Å². The maximum Gasteiger partial charge on any atom is 0.307 e. The lowest BCUT2D eigenvalue weighted by atomic mass is 10.1. The second kappa shape index (κ2) is 5.46. The number of nitro groups is 1. The number of thiazole rings is 1. The number of hydrogen-bond donors (Lipinski definition) is 1. The molecule has 1 N–H and O–H groups in total. The molecule has 0 aliphatic carbocycles. The van der Waals surface area contributed by atoms with Crippen molar-refractivity contribution in [1.29, 1.82) is 0 Å². The van der Waals surface area contributed by atoms with E-state index < -0.39 is 4.92 Å². The maximum absolute atomic E-state index is 11.9. The lowest BCUT2D eigenvalue weighted by molar-refractivity contribution is -0.384. The second-order valence-electron chi connectivity index (χ2n) is 4.41. The van der Waals surface area contributed by atoms with Gasteiger partial charge in [0.25, 0.3) is 5.69 Å². The Morgan fingerprint density at radius 2 is 2.10 bits per heavy atom. The largest absolute Gasteiger partial charge is 0.382 e. The fourth-order valence-corrected chi connectivity index (χ4v) is 2.93. The summed E-state index contributed by atoms with van der Waals surface area (Å²) in [5, 5.41) is 13.9. The number of nitro benzene ring substituents is 1. The first-order valence-corrected chi connectivity index (χ1v) is 6.88. The average Bonchev–Trinajstić information content (AvgIpc) is 2.65. The fraction of sp³-hybridized carbons (Fsp3) is 0.308. The van der Waals surface area contributed by atoms with Crippen LogP contribution in [0.25, 0.3) is 0 Å². The molecule has 0 radical (unpaired) electrons. The molecule has 0 aliphatic heterocycles. The lowest BCUT2D eigenvalue weighted by Crippen LogP contribution is -2.16. The van der Waals surface area contributed by atoms with Crippen molar-refractivity contribution in [3.8, 4) is 0 Å². The van der Waals surface area contributed by atoms with Crippen LogP contribution in [-0.2, 0) is 6.54 Å². The molecule has 2 aromatic rings. The third-order valence-corrected chi connectivity index (χ3v) is 4.28. The molecule has 0 saturated heterocycles. The third-order valence-electron chi connectivity index (χ3n) is 3.28. The van der Waals surface area contributed by atoms with Gasteiger partial charge in [0.05, 0.1) is 11.5 Å². The summed E-state index contributed by atoms with van der Waals surface area (Å²) in [5.41, 5.74) is 2.09. The minimum absolute atomic E-state index is 0.0163. The van der Waals surface area contributed by atoms with Crippen LogP contribution in [0.3, 0.4) is 0 Å². The maximum atomic E-state index is 11.9. The number of benzene rings is 1. The minimum Gasteiger partial charge on any atom is -0.382 e. The Labute approximate surface area is 119 Å². The van der Waals surface area contributed by atoms with E-state index in [1.165, 1.54) is 17.4 Å². The number of rotatable bonds is 4. The van der Waals surface area contributed by atoms with Crippen LogP contribution in [0.4, 0.5) is 11.4 Å². The van der Waals surface area contributed by atoms with E-state index >= 15 is 0 Å². The smallest absolute Gasteiger partial charge is 0.307 e. The standard InChI is InChI=1S/C13H15N3O3S/c1-8-9(2)20-13(17)15(8)7-10-5-4-6-11(16(18)19)12(10)14-3/h4-6,14H,7H2,1-3H3. The van der Waals surface area contributed by atoms with Crippen molar-refractivity contribution in [3.05, 3.63) is 54.1 Å². The van der Waals surface area contributed by atoms with Gasteiger partial charge in [0.1, 0.15) is 5.69 Å². The number of nitrogens with zero attached hydrogens (tertiary/aromatic N) is 2. The molecule has 0 amide bonds. The van der Waals surface area contributed by atoms with Gasteiger partial charge in [0.15, 0.2) is 0 Å². The van der Waals surface area contributed by atoms with Gasteiger partial charge in [-0.15, -0.1) is 0 Å². The van der Waals surface area contributed by atoms with Gasteiger partial charge in [-0.2, -0.15) is 0 Å². The van der Waals surface area contributed by atoms with Crippen molar-refractivity contribution >= 4 is 22.7 Å². The van der Waals surface area contributed by atoms with Crippen molar-refractivity contribution in [2.45, 2.75) is 20.4 Å². The average molecular weight is 293 g/mol. The predicted molar refractivity (Wildman–Crippen MR) is 79.8 cm³/mol. The van der Waals surface area contributed by atoms with Crippen LogP contribution < -0.4 is 10.2 Å². The summed E-state index contributed by atoms with van der Waals surface area (Å²) >= 11 is 1.19. The van der Waals surface area contributed by atoms with Gasteiger partial charge in [0, 0.05) is 29.2 Å². The number of aryl methyl sites for hydroxylation is 1. The van der Waals surface area contributed by atoms with Crippen LogP contribution in [-0.4, -0.2) is 16.5 Å². The van der Waals surface area contributed by atoms with Gasteiger partial charge in [-0.1, -0.05) is 23.5 Å². The van der Waals surface area contributed by atoms with Crippen molar-refractivity contribution in [2.75, 3.05) is 12.4 Å². The molecule has 1 aromatic carbocycles. The SMILES string of the molecule is CNc1c(Cn2c(C)c(C)sc2=O)cccc1[N+](=O)[O-]. The number of anilines is 1. The fourth-order valence-electron chi connectivity index (χ4n) is 2.10. The predicted octanol–water partition coefficient (Wildman–Crippen LogP) is 2.52. The van der Waals surface area contributed by atoms with E-state index in [0.29, 0.717) is 12.2 Å². The summed E-state index contributed by atoms with van der Waals surface area (Å²) in [6, 6.07) is 4.87. The van der Waals surface area contributed by atoms with Crippen molar-refractivity contribution < 1.29 is 4.92 Å². The molecule has 20 heavy (non-hydrogen) atoms. The zero-order valence-corrected chi connectivity index (χ0v) is 12.3. The van der Waals surface area contributed by atoms with Gasteiger partial charge in [0.2, 0.25) is 0 Å². The molecule has 0 unspecified atom stereocenters. The van der Waals surface area contributed by atoms with Gasteiger partial charge in [-0.05, 0) is 13.8 Å². The monoisotopic (exact) mass is 293 g/mol. The summed E-state index contributed by atoms with van der Waals surface area (Å²) in [4.78, 5) is 23.4.